The minimum Gasteiger partial charge on any atom is -0.457 e. The largest absolute Gasteiger partial charge is 0.457 e. The number of hydrogen-bond donors (Lipinski definition) is 2. The van der Waals surface area contributed by atoms with Gasteiger partial charge in [0.05, 0.1) is 11.1 Å². The van der Waals surface area contributed by atoms with E-state index in [-0.39, 0.29) is 17.4 Å². The van der Waals surface area contributed by atoms with Crippen LogP contribution >= 0.6 is 15.9 Å². The molecule has 0 aliphatic heterocycles. The highest BCUT2D eigenvalue weighted by Crippen LogP contribution is 2.39. The van der Waals surface area contributed by atoms with Crippen molar-refractivity contribution in [1.82, 2.24) is 5.32 Å². The quantitative estimate of drug-likeness (QED) is 0.742. The molecule has 0 unspecified atom stereocenters. The van der Waals surface area contributed by atoms with Crippen molar-refractivity contribution in [3.8, 4) is 11.5 Å². The molecular weight excluding hydrogens is 413 g/mol. The molecule has 2 aromatic carbocycles. The lowest BCUT2D eigenvalue weighted by Crippen LogP contribution is -2.42. The maximum atomic E-state index is 13.1. The van der Waals surface area contributed by atoms with Crippen LogP contribution in [-0.2, 0) is 17.5 Å². The second-order valence-electron chi connectivity index (χ2n) is 6.22. The van der Waals surface area contributed by atoms with Crippen LogP contribution < -0.4 is 15.8 Å². The van der Waals surface area contributed by atoms with Crippen LogP contribution in [0.1, 0.15) is 24.0 Å². The van der Waals surface area contributed by atoms with Gasteiger partial charge in [-0.2, -0.15) is 13.2 Å². The van der Waals surface area contributed by atoms with Crippen molar-refractivity contribution in [3.05, 3.63) is 58.1 Å². The fourth-order valence-electron chi connectivity index (χ4n) is 2.34. The molecule has 2 aromatic rings. The summed E-state index contributed by atoms with van der Waals surface area (Å²) in [6.45, 7) is 0.296. The summed E-state index contributed by atoms with van der Waals surface area (Å²) in [6, 6.07) is 10.2. The molecule has 138 valence electrons. The van der Waals surface area contributed by atoms with Crippen molar-refractivity contribution in [2.75, 3.05) is 0 Å². The number of nitrogens with one attached hydrogen (secondary N) is 1. The Balaban J connectivity index is 1.67. The van der Waals surface area contributed by atoms with Crippen LogP contribution in [0.2, 0.25) is 0 Å². The number of ether oxygens (including phenoxy) is 1. The van der Waals surface area contributed by atoms with Crippen molar-refractivity contribution in [2.24, 2.45) is 5.73 Å². The molecule has 4 nitrogen and oxygen atoms in total. The summed E-state index contributed by atoms with van der Waals surface area (Å²) < 4.78 is 45.1. The normalized spacial score (nSPS) is 15.4. The van der Waals surface area contributed by atoms with Gasteiger partial charge < -0.3 is 15.8 Å². The number of rotatable bonds is 5. The molecule has 0 bridgehead atoms. The van der Waals surface area contributed by atoms with Gasteiger partial charge in [-0.05, 0) is 48.7 Å². The molecule has 1 aliphatic rings. The van der Waals surface area contributed by atoms with Gasteiger partial charge in [0.25, 0.3) is 0 Å². The van der Waals surface area contributed by atoms with E-state index in [9.17, 15) is 18.0 Å². The topological polar surface area (TPSA) is 64.4 Å². The number of nitrogens with two attached hydrogens (primary N) is 1. The highest BCUT2D eigenvalue weighted by atomic mass is 79.9. The minimum atomic E-state index is -4.52. The van der Waals surface area contributed by atoms with E-state index in [4.69, 9.17) is 10.5 Å². The summed E-state index contributed by atoms with van der Waals surface area (Å²) >= 11 is 3.03. The van der Waals surface area contributed by atoms with E-state index in [1.807, 2.05) is 0 Å². The lowest BCUT2D eigenvalue weighted by Gasteiger charge is -2.14. The van der Waals surface area contributed by atoms with Crippen molar-refractivity contribution >= 4 is 21.8 Å². The van der Waals surface area contributed by atoms with Crippen molar-refractivity contribution in [2.45, 2.75) is 31.1 Å². The predicted octanol–water partition coefficient (Wildman–Crippen LogP) is 4.37. The molecule has 1 fully saturated rings. The van der Waals surface area contributed by atoms with E-state index < -0.39 is 17.3 Å². The second kappa shape index (κ2) is 6.92. The first-order valence-electron chi connectivity index (χ1n) is 7.88. The van der Waals surface area contributed by atoms with Gasteiger partial charge in [-0.25, -0.2) is 0 Å². The molecule has 26 heavy (non-hydrogen) atoms. The van der Waals surface area contributed by atoms with Crippen LogP contribution in [0.4, 0.5) is 13.2 Å². The van der Waals surface area contributed by atoms with Gasteiger partial charge in [0.15, 0.2) is 0 Å². The first-order valence-corrected chi connectivity index (χ1v) is 8.67. The van der Waals surface area contributed by atoms with Crippen molar-refractivity contribution < 1.29 is 22.7 Å². The zero-order chi connectivity index (χ0) is 18.9. The Morgan fingerprint density at radius 3 is 2.42 bits per heavy atom. The van der Waals surface area contributed by atoms with Crippen LogP contribution in [-0.4, -0.2) is 11.4 Å². The van der Waals surface area contributed by atoms with E-state index in [1.54, 1.807) is 24.3 Å². The average molecular weight is 429 g/mol. The Bertz CT molecular complexity index is 818. The highest BCUT2D eigenvalue weighted by molar-refractivity contribution is 9.10. The molecule has 1 saturated carbocycles. The highest BCUT2D eigenvalue weighted by Gasteiger charge is 2.45. The fourth-order valence-corrected chi connectivity index (χ4v) is 2.70. The number of benzene rings is 2. The number of carbonyl (C=O) groups is 1. The number of halogens is 4. The van der Waals surface area contributed by atoms with Crippen LogP contribution in [0.5, 0.6) is 11.5 Å². The molecule has 0 spiro atoms. The summed E-state index contributed by atoms with van der Waals surface area (Å²) in [5.41, 5.74) is 4.99. The first kappa shape index (κ1) is 18.7. The third kappa shape index (κ3) is 4.37. The third-order valence-corrected chi connectivity index (χ3v) is 4.59. The molecule has 0 aromatic heterocycles. The van der Waals surface area contributed by atoms with E-state index in [0.29, 0.717) is 23.9 Å². The zero-order valence-electron chi connectivity index (χ0n) is 13.6. The van der Waals surface area contributed by atoms with Gasteiger partial charge in [0.2, 0.25) is 5.91 Å². The Morgan fingerprint density at radius 1 is 1.19 bits per heavy atom. The zero-order valence-corrected chi connectivity index (χ0v) is 15.2. The van der Waals surface area contributed by atoms with Gasteiger partial charge >= 0.3 is 6.18 Å². The van der Waals surface area contributed by atoms with Gasteiger partial charge in [-0.15, -0.1) is 0 Å². The van der Waals surface area contributed by atoms with Crippen molar-refractivity contribution in [3.63, 3.8) is 0 Å². The van der Waals surface area contributed by atoms with Crippen LogP contribution in [0.25, 0.3) is 0 Å². The number of carbonyl (C=O) groups excluding carboxylic acids is 1. The smallest absolute Gasteiger partial charge is 0.420 e. The Kier molecular flexibility index (Phi) is 4.98. The van der Waals surface area contributed by atoms with Crippen molar-refractivity contribution in [1.29, 1.82) is 0 Å². The van der Waals surface area contributed by atoms with Gasteiger partial charge in [-0.1, -0.05) is 28.1 Å². The lowest BCUT2D eigenvalue weighted by atomic mass is 10.2. The maximum Gasteiger partial charge on any atom is 0.420 e. The summed E-state index contributed by atoms with van der Waals surface area (Å²) in [5, 5.41) is 2.75. The van der Waals surface area contributed by atoms with Crippen LogP contribution in [0.15, 0.2) is 46.9 Å². The predicted molar refractivity (Wildman–Crippen MR) is 93.7 cm³/mol. The molecule has 8 heteroatoms. The van der Waals surface area contributed by atoms with E-state index in [1.165, 1.54) is 12.1 Å². The van der Waals surface area contributed by atoms with Crippen LogP contribution in [0, 0.1) is 0 Å². The second-order valence-corrected chi connectivity index (χ2v) is 7.14. The van der Waals surface area contributed by atoms with Crippen LogP contribution in [0.3, 0.4) is 0 Å². The Hall–Kier alpha value is -2.06. The molecule has 3 rings (SSSR count). The minimum absolute atomic E-state index is 0.192. The molecule has 1 aliphatic carbocycles. The molecule has 1 amide bonds. The average Bonchev–Trinajstić information content (AvgIpc) is 3.33. The first-order chi connectivity index (χ1) is 12.2. The van der Waals surface area contributed by atoms with E-state index in [0.717, 1.165) is 11.6 Å². The fraction of sp³-hybridized carbons (Fsp3) is 0.278. The monoisotopic (exact) mass is 428 g/mol. The SMILES string of the molecule is NC1(C(=O)NCc2ccc(Oc3ccc(Br)cc3C(F)(F)F)cc2)CC1. The van der Waals surface area contributed by atoms with E-state index in [2.05, 4.69) is 21.2 Å². The maximum absolute atomic E-state index is 13.1. The van der Waals surface area contributed by atoms with Gasteiger partial charge in [0, 0.05) is 11.0 Å². The number of hydrogen-bond acceptors (Lipinski definition) is 3. The molecule has 3 N–H and O–H groups in total. The molecule has 0 radical (unpaired) electrons. The summed E-state index contributed by atoms with van der Waals surface area (Å²) in [4.78, 5) is 11.8. The summed E-state index contributed by atoms with van der Waals surface area (Å²) in [6.07, 6.45) is -3.16. The summed E-state index contributed by atoms with van der Waals surface area (Å²) in [7, 11) is 0. The molecule has 0 saturated heterocycles. The molecule has 0 atom stereocenters. The Morgan fingerprint density at radius 2 is 1.85 bits per heavy atom. The van der Waals surface area contributed by atoms with Gasteiger partial charge in [0.1, 0.15) is 11.5 Å². The third-order valence-electron chi connectivity index (χ3n) is 4.09. The van der Waals surface area contributed by atoms with Gasteiger partial charge in [-0.3, -0.25) is 4.79 Å². The molecule has 0 heterocycles. The number of amides is 1. The standard InChI is InChI=1S/C18H16BrF3N2O2/c19-12-3-6-15(14(9-12)18(20,21)22)26-13-4-1-11(2-5-13)10-24-16(25)17(23)7-8-17/h1-6,9H,7-8,10,23H2,(H,24,25). The summed E-state index contributed by atoms with van der Waals surface area (Å²) in [5.74, 6) is -0.201. The number of alkyl halides is 3. The Labute approximate surface area is 156 Å². The van der Waals surface area contributed by atoms with E-state index >= 15 is 0 Å². The molecular formula is C18H16BrF3N2O2. The lowest BCUT2D eigenvalue weighted by molar-refractivity contribution is -0.138.